The number of benzene rings is 2. The van der Waals surface area contributed by atoms with E-state index in [1.54, 1.807) is 6.92 Å². The van der Waals surface area contributed by atoms with Crippen molar-refractivity contribution >= 4 is 21.6 Å². The number of carbonyl (C=O) groups is 1. The molecule has 0 spiro atoms. The number of aryl methyl sites for hydroxylation is 1. The minimum atomic E-state index is -3.77. The Kier molecular flexibility index (Phi) is 5.18. The number of nitrogens with one attached hydrogen (secondary N) is 1. The summed E-state index contributed by atoms with van der Waals surface area (Å²) >= 11 is 0. The minimum Gasteiger partial charge on any atom is -0.496 e. The topological polar surface area (TPSA) is 75.7 Å². The predicted molar refractivity (Wildman–Crippen MR) is 100 cm³/mol. The van der Waals surface area contributed by atoms with Crippen molar-refractivity contribution in [2.24, 2.45) is 0 Å². The molecule has 0 bridgehead atoms. The lowest BCUT2D eigenvalue weighted by molar-refractivity contribution is 0.0952. The summed E-state index contributed by atoms with van der Waals surface area (Å²) in [6.45, 7) is 2.66. The Morgan fingerprint density at radius 1 is 1.23 bits per heavy atom. The average Bonchev–Trinajstić information content (AvgIpc) is 2.67. The van der Waals surface area contributed by atoms with Crippen LogP contribution in [0, 0.1) is 0 Å². The number of carbonyl (C=O) groups excluding carboxylic acids is 1. The molecule has 0 aliphatic carbocycles. The number of methoxy groups -OCH3 is 1. The number of rotatable bonds is 5. The molecular formula is C19H22N2O4S. The number of anilines is 1. The van der Waals surface area contributed by atoms with Crippen molar-refractivity contribution in [3.8, 4) is 5.75 Å². The third-order valence-corrected chi connectivity index (χ3v) is 6.22. The van der Waals surface area contributed by atoms with Gasteiger partial charge < -0.3 is 10.1 Å². The Hall–Kier alpha value is -2.54. The van der Waals surface area contributed by atoms with Crippen LogP contribution in [0.25, 0.3) is 0 Å². The van der Waals surface area contributed by atoms with E-state index in [0.29, 0.717) is 24.5 Å². The minimum absolute atomic E-state index is 0.0799. The van der Waals surface area contributed by atoms with E-state index in [1.165, 1.54) is 29.6 Å². The maximum Gasteiger partial charge on any atom is 0.264 e. The highest BCUT2D eigenvalue weighted by atomic mass is 32.2. The highest BCUT2D eigenvalue weighted by molar-refractivity contribution is 7.92. The van der Waals surface area contributed by atoms with E-state index < -0.39 is 10.0 Å². The fourth-order valence-corrected chi connectivity index (χ4v) is 4.72. The summed E-state index contributed by atoms with van der Waals surface area (Å²) in [5.74, 6) is -0.0191. The van der Waals surface area contributed by atoms with Crippen LogP contribution in [0.5, 0.6) is 5.75 Å². The second-order valence-electron chi connectivity index (χ2n) is 6.03. The molecule has 0 radical (unpaired) electrons. The lowest BCUT2D eigenvalue weighted by Crippen LogP contribution is -2.35. The summed E-state index contributed by atoms with van der Waals surface area (Å²) in [4.78, 5) is 12.4. The molecule has 0 aromatic heterocycles. The highest BCUT2D eigenvalue weighted by Gasteiger charge is 2.30. The Labute approximate surface area is 153 Å². The summed E-state index contributed by atoms with van der Waals surface area (Å²) in [5.41, 5.74) is 1.93. The van der Waals surface area contributed by atoms with Gasteiger partial charge >= 0.3 is 0 Å². The van der Waals surface area contributed by atoms with E-state index >= 15 is 0 Å². The third-order valence-electron chi connectivity index (χ3n) is 4.41. The number of hydrogen-bond donors (Lipinski definition) is 1. The van der Waals surface area contributed by atoms with E-state index in [9.17, 15) is 13.2 Å². The number of para-hydroxylation sites is 1. The molecule has 2 aromatic carbocycles. The number of sulfonamides is 1. The van der Waals surface area contributed by atoms with Gasteiger partial charge in [-0.1, -0.05) is 18.2 Å². The highest BCUT2D eigenvalue weighted by Crippen LogP contribution is 2.33. The van der Waals surface area contributed by atoms with Gasteiger partial charge in [-0.05, 0) is 49.6 Å². The quantitative estimate of drug-likeness (QED) is 0.873. The first-order chi connectivity index (χ1) is 12.5. The van der Waals surface area contributed by atoms with Gasteiger partial charge in [0.25, 0.3) is 15.9 Å². The van der Waals surface area contributed by atoms with Crippen LogP contribution in [0.1, 0.15) is 29.3 Å². The van der Waals surface area contributed by atoms with Crippen molar-refractivity contribution in [2.75, 3.05) is 24.5 Å². The molecule has 0 saturated heterocycles. The van der Waals surface area contributed by atoms with Crippen molar-refractivity contribution < 1.29 is 17.9 Å². The lowest BCUT2D eigenvalue weighted by Gasteiger charge is -2.30. The van der Waals surface area contributed by atoms with Crippen LogP contribution < -0.4 is 14.4 Å². The van der Waals surface area contributed by atoms with E-state index in [0.717, 1.165) is 18.4 Å². The van der Waals surface area contributed by atoms with Crippen molar-refractivity contribution in [3.63, 3.8) is 0 Å². The maximum atomic E-state index is 13.2. The molecule has 1 amide bonds. The smallest absolute Gasteiger partial charge is 0.264 e. The largest absolute Gasteiger partial charge is 0.496 e. The van der Waals surface area contributed by atoms with E-state index in [2.05, 4.69) is 5.32 Å². The Bertz CT molecular complexity index is 925. The molecule has 2 aromatic rings. The van der Waals surface area contributed by atoms with E-state index in [-0.39, 0.29) is 16.4 Å². The first kappa shape index (κ1) is 18.3. The van der Waals surface area contributed by atoms with Crippen LogP contribution in [0.4, 0.5) is 5.69 Å². The number of ether oxygens (including phenoxy) is 1. The van der Waals surface area contributed by atoms with Gasteiger partial charge in [0.15, 0.2) is 0 Å². The van der Waals surface area contributed by atoms with Crippen molar-refractivity contribution in [1.29, 1.82) is 0 Å². The van der Waals surface area contributed by atoms with Crippen LogP contribution in [-0.4, -0.2) is 34.5 Å². The van der Waals surface area contributed by atoms with Crippen molar-refractivity contribution in [2.45, 2.75) is 24.7 Å². The van der Waals surface area contributed by atoms with E-state index in [1.807, 2.05) is 24.3 Å². The predicted octanol–water partition coefficient (Wildman–Crippen LogP) is 2.59. The van der Waals surface area contributed by atoms with Gasteiger partial charge in [0.05, 0.1) is 23.3 Å². The maximum absolute atomic E-state index is 13.2. The van der Waals surface area contributed by atoms with Crippen LogP contribution in [0.2, 0.25) is 0 Å². The summed E-state index contributed by atoms with van der Waals surface area (Å²) in [6, 6.07) is 11.9. The summed E-state index contributed by atoms with van der Waals surface area (Å²) in [7, 11) is -2.32. The fourth-order valence-electron chi connectivity index (χ4n) is 3.16. The molecule has 1 N–H and O–H groups in total. The molecule has 1 aliphatic rings. The molecule has 7 heteroatoms. The molecule has 26 heavy (non-hydrogen) atoms. The number of fused-ring (bicyclic) bond motifs is 1. The second kappa shape index (κ2) is 7.37. The zero-order valence-electron chi connectivity index (χ0n) is 14.9. The fraction of sp³-hybridized carbons (Fsp3) is 0.316. The Balaban J connectivity index is 2.06. The molecule has 0 saturated carbocycles. The molecule has 1 heterocycles. The van der Waals surface area contributed by atoms with Crippen molar-refractivity contribution in [3.05, 3.63) is 53.6 Å². The molecule has 138 valence electrons. The van der Waals surface area contributed by atoms with Crippen LogP contribution in [-0.2, 0) is 16.4 Å². The van der Waals surface area contributed by atoms with Gasteiger partial charge in [-0.3, -0.25) is 9.10 Å². The molecule has 6 nitrogen and oxygen atoms in total. The van der Waals surface area contributed by atoms with Crippen molar-refractivity contribution in [1.82, 2.24) is 5.32 Å². The summed E-state index contributed by atoms with van der Waals surface area (Å²) in [5, 5.41) is 2.68. The Morgan fingerprint density at radius 2 is 2.00 bits per heavy atom. The second-order valence-corrected chi connectivity index (χ2v) is 7.89. The molecular weight excluding hydrogens is 352 g/mol. The summed E-state index contributed by atoms with van der Waals surface area (Å²) < 4.78 is 33.1. The normalized spacial score (nSPS) is 13.8. The van der Waals surface area contributed by atoms with Gasteiger partial charge in [-0.25, -0.2) is 8.42 Å². The SMILES string of the molecule is CCNC(=O)c1cc(S(=O)(=O)N2CCCc3ccccc32)ccc1OC. The first-order valence-electron chi connectivity index (χ1n) is 8.56. The average molecular weight is 374 g/mol. The molecule has 0 atom stereocenters. The van der Waals surface area contributed by atoms with Crippen LogP contribution >= 0.6 is 0 Å². The van der Waals surface area contributed by atoms with Gasteiger partial charge in [0.1, 0.15) is 5.75 Å². The van der Waals surface area contributed by atoms with Crippen LogP contribution in [0.15, 0.2) is 47.4 Å². The van der Waals surface area contributed by atoms with Gasteiger partial charge in [-0.2, -0.15) is 0 Å². The molecule has 1 aliphatic heterocycles. The lowest BCUT2D eigenvalue weighted by atomic mass is 10.0. The Morgan fingerprint density at radius 3 is 2.73 bits per heavy atom. The summed E-state index contributed by atoms with van der Waals surface area (Å²) in [6.07, 6.45) is 1.62. The number of hydrogen-bond acceptors (Lipinski definition) is 4. The van der Waals surface area contributed by atoms with Gasteiger partial charge in [0.2, 0.25) is 0 Å². The third kappa shape index (κ3) is 3.26. The molecule has 0 fully saturated rings. The number of nitrogens with zero attached hydrogens (tertiary/aromatic N) is 1. The monoisotopic (exact) mass is 374 g/mol. The zero-order chi connectivity index (χ0) is 18.7. The zero-order valence-corrected chi connectivity index (χ0v) is 15.7. The standard InChI is InChI=1S/C19H22N2O4S/c1-3-20-19(22)16-13-15(10-11-18(16)25-2)26(23,24)21-12-6-8-14-7-4-5-9-17(14)21/h4-5,7,9-11,13H,3,6,8,12H2,1-2H3,(H,20,22). The number of amides is 1. The molecule has 3 rings (SSSR count). The van der Waals surface area contributed by atoms with E-state index in [4.69, 9.17) is 4.74 Å². The molecule has 0 unspecified atom stereocenters. The van der Waals surface area contributed by atoms with Gasteiger partial charge in [0, 0.05) is 13.1 Å². The van der Waals surface area contributed by atoms with Crippen LogP contribution in [0.3, 0.4) is 0 Å². The first-order valence-corrected chi connectivity index (χ1v) is 10.00. The van der Waals surface area contributed by atoms with Gasteiger partial charge in [-0.15, -0.1) is 0 Å².